The van der Waals surface area contributed by atoms with E-state index < -0.39 is 10.8 Å². The van der Waals surface area contributed by atoms with Crippen molar-refractivity contribution in [2.24, 2.45) is 0 Å². The highest BCUT2D eigenvalue weighted by atomic mass is 16.6. The Morgan fingerprint density at radius 1 is 1.26 bits per heavy atom. The molecule has 0 bridgehead atoms. The number of nitrogens with zero attached hydrogens (tertiary/aromatic N) is 2. The molecule has 0 aliphatic rings. The quantitative estimate of drug-likeness (QED) is 0.274. The fourth-order valence-electron chi connectivity index (χ4n) is 3.59. The van der Waals surface area contributed by atoms with Crippen molar-refractivity contribution in [3.63, 3.8) is 0 Å². The Balaban J connectivity index is 1.72. The zero-order valence-electron chi connectivity index (χ0n) is 20.1. The number of amides is 1. The summed E-state index contributed by atoms with van der Waals surface area (Å²) in [4.78, 5) is 31.3. The second-order valence-corrected chi connectivity index (χ2v) is 8.62. The van der Waals surface area contributed by atoms with Crippen molar-refractivity contribution < 1.29 is 19.6 Å². The van der Waals surface area contributed by atoms with Gasteiger partial charge in [0.2, 0.25) is 0 Å². The van der Waals surface area contributed by atoms with Crippen LogP contribution in [-0.4, -0.2) is 44.7 Å². The molecular formula is C26H30N4O5. The van der Waals surface area contributed by atoms with Crippen molar-refractivity contribution in [2.45, 2.75) is 45.8 Å². The monoisotopic (exact) mass is 478 g/mol. The number of imidazole rings is 1. The molecule has 2 aromatic carbocycles. The number of carbonyl (C=O) groups is 1. The number of aliphatic hydroxyl groups excluding tert-OH is 1. The minimum absolute atomic E-state index is 0.109. The highest BCUT2D eigenvalue weighted by Gasteiger charge is 2.21. The molecule has 9 nitrogen and oxygen atoms in total. The lowest BCUT2D eigenvalue weighted by Gasteiger charge is -2.18. The maximum Gasteiger partial charge on any atom is 0.311 e. The molecule has 184 valence electrons. The fourth-order valence-corrected chi connectivity index (χ4v) is 3.59. The summed E-state index contributed by atoms with van der Waals surface area (Å²) >= 11 is 0. The third-order valence-electron chi connectivity index (χ3n) is 5.32. The average Bonchev–Trinajstić information content (AvgIpc) is 3.30. The molecule has 0 aliphatic heterocycles. The standard InChI is InChI=1S/C26H30N4O5/c1-16(2)25-27-15-22(29-25)19-7-5-18(6-8-19)13-21(11-12-31)28-26(32)20-9-10-24(35-17(3)4)23(14-20)30(33)34/h5-10,14-15,17,21,31H,1,11-13H2,2-4H3,(H,27,29)(H,28,32)/t21-/m1/s1. The predicted octanol–water partition coefficient (Wildman–Crippen LogP) is 4.53. The number of H-pyrrole nitrogens is 1. The van der Waals surface area contributed by atoms with Crippen molar-refractivity contribution >= 4 is 17.2 Å². The van der Waals surface area contributed by atoms with Gasteiger partial charge in [-0.05, 0) is 62.4 Å². The largest absolute Gasteiger partial charge is 0.484 e. The van der Waals surface area contributed by atoms with E-state index in [2.05, 4.69) is 21.9 Å². The molecule has 0 spiro atoms. The van der Waals surface area contributed by atoms with E-state index in [-0.39, 0.29) is 35.8 Å². The molecule has 0 saturated heterocycles. The van der Waals surface area contributed by atoms with Crippen LogP contribution in [-0.2, 0) is 6.42 Å². The molecule has 0 unspecified atom stereocenters. The minimum Gasteiger partial charge on any atom is -0.484 e. The molecule has 3 N–H and O–H groups in total. The number of carbonyl (C=O) groups excluding carboxylic acids is 1. The number of rotatable bonds is 11. The van der Waals surface area contributed by atoms with Gasteiger partial charge in [0.25, 0.3) is 5.91 Å². The summed E-state index contributed by atoms with van der Waals surface area (Å²) in [5.74, 6) is 0.393. The third-order valence-corrected chi connectivity index (χ3v) is 5.32. The maximum atomic E-state index is 12.9. The number of aromatic amines is 1. The average molecular weight is 479 g/mol. The smallest absolute Gasteiger partial charge is 0.311 e. The number of aromatic nitrogens is 2. The summed E-state index contributed by atoms with van der Waals surface area (Å²) in [7, 11) is 0. The van der Waals surface area contributed by atoms with Crippen LogP contribution in [0.25, 0.3) is 16.8 Å². The third kappa shape index (κ3) is 6.77. The molecule has 1 atom stereocenters. The van der Waals surface area contributed by atoms with Gasteiger partial charge >= 0.3 is 5.69 Å². The van der Waals surface area contributed by atoms with Crippen molar-refractivity contribution in [2.75, 3.05) is 6.61 Å². The first-order chi connectivity index (χ1) is 16.7. The van der Waals surface area contributed by atoms with Crippen LogP contribution in [0.2, 0.25) is 0 Å². The van der Waals surface area contributed by atoms with Crippen LogP contribution in [0.3, 0.4) is 0 Å². The van der Waals surface area contributed by atoms with Gasteiger partial charge < -0.3 is 20.1 Å². The van der Waals surface area contributed by atoms with Crippen molar-refractivity contribution in [3.8, 4) is 17.0 Å². The summed E-state index contributed by atoms with van der Waals surface area (Å²) in [6.07, 6.45) is 2.34. The van der Waals surface area contributed by atoms with Crippen molar-refractivity contribution in [3.05, 3.63) is 82.3 Å². The number of nitro benzene ring substituents is 1. The van der Waals surface area contributed by atoms with Crippen LogP contribution in [0.15, 0.2) is 55.2 Å². The fraction of sp³-hybridized carbons (Fsp3) is 0.308. The van der Waals surface area contributed by atoms with Gasteiger partial charge in [-0.3, -0.25) is 14.9 Å². The highest BCUT2D eigenvalue weighted by molar-refractivity contribution is 5.95. The van der Waals surface area contributed by atoms with Crippen molar-refractivity contribution in [1.82, 2.24) is 15.3 Å². The summed E-state index contributed by atoms with van der Waals surface area (Å²) in [6, 6.07) is 11.6. The molecule has 0 aliphatic carbocycles. The van der Waals surface area contributed by atoms with E-state index in [4.69, 9.17) is 4.74 Å². The molecule has 1 heterocycles. The molecule has 0 radical (unpaired) electrons. The molecule has 1 aromatic heterocycles. The number of ether oxygens (including phenoxy) is 1. The van der Waals surface area contributed by atoms with E-state index in [1.165, 1.54) is 18.2 Å². The second kappa shape index (κ2) is 11.4. The van der Waals surface area contributed by atoms with Gasteiger partial charge in [-0.15, -0.1) is 0 Å². The SMILES string of the molecule is C=C(C)c1ncc(-c2ccc(C[C@@H](CCO)NC(=O)c3ccc(OC(C)C)c([N+](=O)[O-])c3)cc2)[nH]1. The summed E-state index contributed by atoms with van der Waals surface area (Å²) in [5, 5.41) is 23.8. The Labute approximate surface area is 204 Å². The number of hydrogen-bond donors (Lipinski definition) is 3. The Kier molecular flexibility index (Phi) is 8.38. The molecule has 35 heavy (non-hydrogen) atoms. The van der Waals surface area contributed by atoms with Gasteiger partial charge in [-0.2, -0.15) is 0 Å². The maximum absolute atomic E-state index is 12.9. The van der Waals surface area contributed by atoms with Crippen LogP contribution in [0, 0.1) is 10.1 Å². The number of nitro groups is 1. The number of allylic oxidation sites excluding steroid dienone is 1. The molecule has 3 aromatic rings. The molecule has 3 rings (SSSR count). The van der Waals surface area contributed by atoms with E-state index in [0.717, 1.165) is 28.2 Å². The second-order valence-electron chi connectivity index (χ2n) is 8.62. The topological polar surface area (TPSA) is 130 Å². The minimum atomic E-state index is -0.569. The highest BCUT2D eigenvalue weighted by Crippen LogP contribution is 2.29. The predicted molar refractivity (Wildman–Crippen MR) is 134 cm³/mol. The van der Waals surface area contributed by atoms with Gasteiger partial charge in [0, 0.05) is 24.3 Å². The number of hydrogen-bond acceptors (Lipinski definition) is 6. The lowest BCUT2D eigenvalue weighted by atomic mass is 10.0. The number of nitrogens with one attached hydrogen (secondary N) is 2. The van der Waals surface area contributed by atoms with Crippen LogP contribution in [0.1, 0.15) is 48.9 Å². The Hall–Kier alpha value is -3.98. The lowest BCUT2D eigenvalue weighted by molar-refractivity contribution is -0.386. The molecule has 0 saturated carbocycles. The normalized spacial score (nSPS) is 11.8. The molecule has 9 heteroatoms. The van der Waals surface area contributed by atoms with Crippen LogP contribution in [0.4, 0.5) is 5.69 Å². The zero-order valence-corrected chi connectivity index (χ0v) is 20.1. The van der Waals surface area contributed by atoms with E-state index in [1.54, 1.807) is 20.0 Å². The van der Waals surface area contributed by atoms with Crippen LogP contribution in [0.5, 0.6) is 5.75 Å². The van der Waals surface area contributed by atoms with Gasteiger partial charge in [0.05, 0.1) is 22.9 Å². The van der Waals surface area contributed by atoms with E-state index >= 15 is 0 Å². The number of benzene rings is 2. The molecule has 1 amide bonds. The summed E-state index contributed by atoms with van der Waals surface area (Å²) in [5.41, 5.74) is 3.54. The Morgan fingerprint density at radius 3 is 2.54 bits per heavy atom. The Morgan fingerprint density at radius 2 is 1.97 bits per heavy atom. The van der Waals surface area contributed by atoms with Gasteiger partial charge in [0.15, 0.2) is 5.75 Å². The first kappa shape index (κ1) is 25.6. The van der Waals surface area contributed by atoms with Crippen molar-refractivity contribution in [1.29, 1.82) is 0 Å². The van der Waals surface area contributed by atoms with Gasteiger partial charge in [0.1, 0.15) is 5.82 Å². The summed E-state index contributed by atoms with van der Waals surface area (Å²) < 4.78 is 5.48. The van der Waals surface area contributed by atoms with Crippen LogP contribution >= 0.6 is 0 Å². The summed E-state index contributed by atoms with van der Waals surface area (Å²) in [6.45, 7) is 9.19. The lowest BCUT2D eigenvalue weighted by Crippen LogP contribution is -2.37. The van der Waals surface area contributed by atoms with Gasteiger partial charge in [-0.1, -0.05) is 30.8 Å². The zero-order chi connectivity index (χ0) is 25.5. The Bertz CT molecular complexity index is 1200. The first-order valence-corrected chi connectivity index (χ1v) is 11.3. The number of aliphatic hydroxyl groups is 1. The van der Waals surface area contributed by atoms with E-state index in [9.17, 15) is 20.0 Å². The molecule has 0 fully saturated rings. The van der Waals surface area contributed by atoms with E-state index in [1.807, 2.05) is 31.2 Å². The molecular weight excluding hydrogens is 448 g/mol. The first-order valence-electron chi connectivity index (χ1n) is 11.3. The van der Waals surface area contributed by atoms with Crippen LogP contribution < -0.4 is 10.1 Å². The van der Waals surface area contributed by atoms with E-state index in [0.29, 0.717) is 12.8 Å². The van der Waals surface area contributed by atoms with Gasteiger partial charge in [-0.25, -0.2) is 4.98 Å².